The molecule has 0 aliphatic carbocycles. The Morgan fingerprint density at radius 1 is 1.50 bits per heavy atom. The van der Waals surface area contributed by atoms with Gasteiger partial charge in [0.15, 0.2) is 0 Å². The normalized spacial score (nSPS) is 18.6. The molecule has 0 saturated heterocycles. The molecular formula is C7H11N3. The maximum absolute atomic E-state index is 4.13. The van der Waals surface area contributed by atoms with E-state index in [-0.39, 0.29) is 0 Å². The van der Waals surface area contributed by atoms with Gasteiger partial charge in [-0.3, -0.25) is 10.4 Å². The number of rotatable bonds is 0. The molecule has 0 bridgehead atoms. The summed E-state index contributed by atoms with van der Waals surface area (Å²) in [6.45, 7) is 9.33. The predicted octanol–water partition coefficient (Wildman–Crippen LogP) is 0.882. The van der Waals surface area contributed by atoms with Crippen molar-refractivity contribution in [2.45, 2.75) is 6.92 Å². The minimum Gasteiger partial charge on any atom is -0.296 e. The topological polar surface area (TPSA) is 27.6 Å². The highest BCUT2D eigenvalue weighted by atomic mass is 15.5. The van der Waals surface area contributed by atoms with Crippen molar-refractivity contribution in [3.05, 3.63) is 24.6 Å². The first-order valence-electron chi connectivity index (χ1n) is 3.05. The summed E-state index contributed by atoms with van der Waals surface area (Å²) in [6.07, 6.45) is 0. The first kappa shape index (κ1) is 6.86. The third-order valence-electron chi connectivity index (χ3n) is 1.43. The van der Waals surface area contributed by atoms with Crippen molar-refractivity contribution in [3.8, 4) is 0 Å². The van der Waals surface area contributed by atoms with E-state index in [1.165, 1.54) is 0 Å². The Balaban J connectivity index is 2.89. The number of hydrogen-bond donors (Lipinski definition) is 1. The SMILES string of the molecule is C=C1N=C(C)N(C)NC1=C. The van der Waals surface area contributed by atoms with Gasteiger partial charge in [-0.1, -0.05) is 13.2 Å². The summed E-state index contributed by atoms with van der Waals surface area (Å²) < 4.78 is 0. The second-order valence-electron chi connectivity index (χ2n) is 2.26. The van der Waals surface area contributed by atoms with Crippen LogP contribution in [0.5, 0.6) is 0 Å². The van der Waals surface area contributed by atoms with E-state index in [4.69, 9.17) is 0 Å². The average Bonchev–Trinajstić information content (AvgIpc) is 1.84. The molecule has 0 amide bonds. The molecule has 3 nitrogen and oxygen atoms in total. The zero-order chi connectivity index (χ0) is 7.72. The Kier molecular flexibility index (Phi) is 1.49. The standard InChI is InChI=1S/C7H11N3/c1-5-6(2)9-10(4)7(3)8-5/h9H,1-2H2,3-4H3. The molecule has 0 radical (unpaired) electrons. The summed E-state index contributed by atoms with van der Waals surface area (Å²) in [6, 6.07) is 0. The second-order valence-corrected chi connectivity index (χ2v) is 2.26. The lowest BCUT2D eigenvalue weighted by atomic mass is 10.3. The largest absolute Gasteiger partial charge is 0.296 e. The fourth-order valence-corrected chi connectivity index (χ4v) is 0.686. The number of aliphatic imine (C=N–C) groups is 1. The number of nitrogens with one attached hydrogen (secondary N) is 1. The smallest absolute Gasteiger partial charge is 0.120 e. The van der Waals surface area contributed by atoms with Crippen LogP contribution >= 0.6 is 0 Å². The Morgan fingerprint density at radius 2 is 2.10 bits per heavy atom. The van der Waals surface area contributed by atoms with E-state index in [1.54, 1.807) is 5.01 Å². The van der Waals surface area contributed by atoms with Crippen molar-refractivity contribution >= 4 is 5.84 Å². The summed E-state index contributed by atoms with van der Waals surface area (Å²) in [5, 5.41) is 1.80. The number of nitrogens with zero attached hydrogens (tertiary/aromatic N) is 2. The minimum absolute atomic E-state index is 0.704. The molecule has 0 fully saturated rings. The van der Waals surface area contributed by atoms with Gasteiger partial charge in [-0.2, -0.15) is 0 Å². The van der Waals surface area contributed by atoms with Crippen molar-refractivity contribution in [3.63, 3.8) is 0 Å². The first-order chi connectivity index (χ1) is 4.61. The first-order valence-corrected chi connectivity index (χ1v) is 3.05. The lowest BCUT2D eigenvalue weighted by Gasteiger charge is -2.26. The average molecular weight is 137 g/mol. The summed E-state index contributed by atoms with van der Waals surface area (Å²) in [4.78, 5) is 4.13. The van der Waals surface area contributed by atoms with Gasteiger partial charge in [0.2, 0.25) is 0 Å². The lowest BCUT2D eigenvalue weighted by Crippen LogP contribution is -2.40. The van der Waals surface area contributed by atoms with Gasteiger partial charge in [-0.25, -0.2) is 4.99 Å². The van der Waals surface area contributed by atoms with Crippen molar-refractivity contribution in [1.29, 1.82) is 0 Å². The van der Waals surface area contributed by atoms with Gasteiger partial charge >= 0.3 is 0 Å². The van der Waals surface area contributed by atoms with E-state index < -0.39 is 0 Å². The molecule has 10 heavy (non-hydrogen) atoms. The van der Waals surface area contributed by atoms with Crippen LogP contribution in [0.25, 0.3) is 0 Å². The molecule has 54 valence electrons. The molecule has 1 N–H and O–H groups in total. The molecule has 1 heterocycles. The fraction of sp³-hybridized carbons (Fsp3) is 0.286. The van der Waals surface area contributed by atoms with Crippen LogP contribution in [-0.4, -0.2) is 17.9 Å². The maximum atomic E-state index is 4.13. The fourth-order valence-electron chi connectivity index (χ4n) is 0.686. The van der Waals surface area contributed by atoms with Crippen molar-refractivity contribution in [2.75, 3.05) is 7.05 Å². The highest BCUT2D eigenvalue weighted by molar-refractivity contribution is 5.81. The molecule has 0 spiro atoms. The van der Waals surface area contributed by atoms with Crippen LogP contribution in [0.15, 0.2) is 29.5 Å². The lowest BCUT2D eigenvalue weighted by molar-refractivity contribution is 0.404. The van der Waals surface area contributed by atoms with E-state index >= 15 is 0 Å². The Morgan fingerprint density at radius 3 is 2.60 bits per heavy atom. The second kappa shape index (κ2) is 2.17. The van der Waals surface area contributed by atoms with Crippen LogP contribution in [0.3, 0.4) is 0 Å². The minimum atomic E-state index is 0.704. The monoisotopic (exact) mass is 137 g/mol. The summed E-state index contributed by atoms with van der Waals surface area (Å²) in [5.41, 5.74) is 4.45. The van der Waals surface area contributed by atoms with Crippen LogP contribution in [0.2, 0.25) is 0 Å². The zero-order valence-corrected chi connectivity index (χ0v) is 6.31. The van der Waals surface area contributed by atoms with Crippen LogP contribution in [-0.2, 0) is 0 Å². The van der Waals surface area contributed by atoms with Gasteiger partial charge < -0.3 is 0 Å². The molecule has 0 unspecified atom stereocenters. The third-order valence-corrected chi connectivity index (χ3v) is 1.43. The van der Waals surface area contributed by atoms with Gasteiger partial charge in [0, 0.05) is 7.05 Å². The molecule has 0 aromatic rings. The maximum Gasteiger partial charge on any atom is 0.120 e. The van der Waals surface area contributed by atoms with E-state index in [9.17, 15) is 0 Å². The number of amidine groups is 1. The molecule has 1 rings (SSSR count). The zero-order valence-electron chi connectivity index (χ0n) is 6.31. The van der Waals surface area contributed by atoms with Crippen LogP contribution in [0, 0.1) is 0 Å². The van der Waals surface area contributed by atoms with E-state index in [0.29, 0.717) is 5.70 Å². The highest BCUT2D eigenvalue weighted by Gasteiger charge is 2.09. The van der Waals surface area contributed by atoms with Crippen molar-refractivity contribution in [2.24, 2.45) is 4.99 Å². The number of hydrazine groups is 1. The van der Waals surface area contributed by atoms with E-state index in [1.807, 2.05) is 14.0 Å². The Bertz CT molecular complexity index is 215. The van der Waals surface area contributed by atoms with Crippen molar-refractivity contribution < 1.29 is 0 Å². The Hall–Kier alpha value is -1.25. The van der Waals surface area contributed by atoms with Gasteiger partial charge in [-0.15, -0.1) is 0 Å². The molecule has 0 aromatic carbocycles. The van der Waals surface area contributed by atoms with Crippen molar-refractivity contribution in [1.82, 2.24) is 10.4 Å². The van der Waals surface area contributed by atoms with Gasteiger partial charge in [0.25, 0.3) is 0 Å². The molecule has 0 atom stereocenters. The van der Waals surface area contributed by atoms with Gasteiger partial charge in [0.1, 0.15) is 5.84 Å². The van der Waals surface area contributed by atoms with E-state index in [0.717, 1.165) is 11.5 Å². The third kappa shape index (κ3) is 1.03. The summed E-state index contributed by atoms with van der Waals surface area (Å²) in [5.74, 6) is 0.900. The molecule has 1 aliphatic rings. The predicted molar refractivity (Wildman–Crippen MR) is 42.3 cm³/mol. The van der Waals surface area contributed by atoms with Gasteiger partial charge in [-0.05, 0) is 6.92 Å². The van der Waals surface area contributed by atoms with Crippen LogP contribution in [0.1, 0.15) is 6.92 Å². The summed E-state index contributed by atoms with van der Waals surface area (Å²) >= 11 is 0. The van der Waals surface area contributed by atoms with Gasteiger partial charge in [0.05, 0.1) is 11.4 Å². The molecular weight excluding hydrogens is 126 g/mol. The molecule has 1 aliphatic heterocycles. The molecule has 0 aromatic heterocycles. The number of hydrogen-bond acceptors (Lipinski definition) is 3. The quantitative estimate of drug-likeness (QED) is 0.536. The molecule has 3 heteroatoms. The molecule has 0 saturated carbocycles. The van der Waals surface area contributed by atoms with Crippen LogP contribution in [0.4, 0.5) is 0 Å². The highest BCUT2D eigenvalue weighted by Crippen LogP contribution is 2.09. The Labute approximate surface area is 60.7 Å². The van der Waals surface area contributed by atoms with Crippen LogP contribution < -0.4 is 5.43 Å². The van der Waals surface area contributed by atoms with E-state index in [2.05, 4.69) is 23.6 Å². The summed E-state index contributed by atoms with van der Waals surface area (Å²) in [7, 11) is 1.89.